The van der Waals surface area contributed by atoms with Crippen LogP contribution >= 0.6 is 25.0 Å². The third kappa shape index (κ3) is 0.873. The molecule has 1 aliphatic heterocycles. The SMILES string of the molecule is CN1C(=S)NNN1S. The van der Waals surface area contributed by atoms with Crippen LogP contribution in [0.5, 0.6) is 0 Å². The number of thiol groups is 1. The van der Waals surface area contributed by atoms with Gasteiger partial charge in [-0.3, -0.25) is 10.4 Å². The lowest BCUT2D eigenvalue weighted by Gasteiger charge is -2.13. The first-order valence-corrected chi connectivity index (χ1v) is 2.81. The van der Waals surface area contributed by atoms with Gasteiger partial charge < -0.3 is 0 Å². The quantitative estimate of drug-likeness (QED) is 0.314. The number of hydrazine groups is 3. The van der Waals surface area contributed by atoms with Crippen molar-refractivity contribution in [2.45, 2.75) is 0 Å². The molecule has 8 heavy (non-hydrogen) atoms. The summed E-state index contributed by atoms with van der Waals surface area (Å²) < 4.78 is 1.45. The minimum atomic E-state index is 0.611. The number of rotatable bonds is 0. The van der Waals surface area contributed by atoms with Gasteiger partial charge in [0, 0.05) is 7.05 Å². The lowest BCUT2D eigenvalue weighted by Crippen LogP contribution is -2.32. The van der Waals surface area contributed by atoms with Crippen molar-refractivity contribution in [3.63, 3.8) is 0 Å². The Labute approximate surface area is 58.3 Å². The van der Waals surface area contributed by atoms with Crippen LogP contribution in [-0.4, -0.2) is 21.7 Å². The maximum atomic E-state index is 4.78. The molecule has 1 aliphatic rings. The molecule has 1 saturated heterocycles. The van der Waals surface area contributed by atoms with Gasteiger partial charge in [0.25, 0.3) is 0 Å². The number of hydrogen-bond donors (Lipinski definition) is 3. The highest BCUT2D eigenvalue weighted by molar-refractivity contribution is 7.80. The number of thiocarbonyl (C=S) groups is 1. The average molecular weight is 150 g/mol. The number of nitrogens with zero attached hydrogens (tertiary/aromatic N) is 2. The van der Waals surface area contributed by atoms with Gasteiger partial charge in [0.05, 0.1) is 0 Å². The number of nitrogens with one attached hydrogen (secondary N) is 2. The Kier molecular flexibility index (Phi) is 1.57. The summed E-state index contributed by atoms with van der Waals surface area (Å²) in [6.07, 6.45) is 0. The second kappa shape index (κ2) is 2.06. The lowest BCUT2D eigenvalue weighted by atomic mass is 11.0. The van der Waals surface area contributed by atoms with Crippen molar-refractivity contribution in [1.82, 2.24) is 20.5 Å². The van der Waals surface area contributed by atoms with Crippen LogP contribution in [0.15, 0.2) is 0 Å². The molecule has 4 nitrogen and oxygen atoms in total. The summed E-state index contributed by atoms with van der Waals surface area (Å²) in [6.45, 7) is 0. The molecule has 0 aliphatic carbocycles. The molecule has 0 saturated carbocycles. The van der Waals surface area contributed by atoms with Gasteiger partial charge in [-0.15, -0.1) is 5.53 Å². The van der Waals surface area contributed by atoms with E-state index in [2.05, 4.69) is 23.8 Å². The zero-order chi connectivity index (χ0) is 6.15. The van der Waals surface area contributed by atoms with E-state index in [4.69, 9.17) is 12.2 Å². The molecule has 0 bridgehead atoms. The Morgan fingerprint density at radius 3 is 2.50 bits per heavy atom. The molecule has 6 heteroatoms. The van der Waals surface area contributed by atoms with Gasteiger partial charge in [-0.2, -0.15) is 0 Å². The largest absolute Gasteiger partial charge is 0.281 e. The van der Waals surface area contributed by atoms with Crippen LogP contribution in [0, 0.1) is 0 Å². The Balaban J connectivity index is 2.56. The van der Waals surface area contributed by atoms with Crippen LogP contribution in [0.2, 0.25) is 0 Å². The second-order valence-corrected chi connectivity index (χ2v) is 2.12. The highest BCUT2D eigenvalue weighted by Crippen LogP contribution is 1.98. The van der Waals surface area contributed by atoms with Gasteiger partial charge >= 0.3 is 0 Å². The summed E-state index contributed by atoms with van der Waals surface area (Å²) in [5.41, 5.74) is 5.33. The molecule has 1 heterocycles. The average Bonchev–Trinajstić information content (AvgIpc) is 1.98. The molecule has 46 valence electrons. The highest BCUT2D eigenvalue weighted by atomic mass is 32.1. The Bertz CT molecular complexity index is 115. The van der Waals surface area contributed by atoms with E-state index in [0.717, 1.165) is 0 Å². The van der Waals surface area contributed by atoms with E-state index in [1.807, 2.05) is 0 Å². The predicted octanol–water partition coefficient (Wildman–Crippen LogP) is -0.712. The monoisotopic (exact) mass is 150 g/mol. The molecular formula is C2H6N4S2. The van der Waals surface area contributed by atoms with Crippen LogP contribution < -0.4 is 11.0 Å². The fraction of sp³-hybridized carbons (Fsp3) is 0.500. The standard InChI is InChI=1S/C2H6N4S2/c1-5-2(7)3-4-6(5)8/h4,8H,1H3,(H,3,7). The molecule has 0 aromatic rings. The van der Waals surface area contributed by atoms with Crippen LogP contribution in [0.25, 0.3) is 0 Å². The van der Waals surface area contributed by atoms with E-state index in [9.17, 15) is 0 Å². The van der Waals surface area contributed by atoms with E-state index in [1.165, 1.54) is 4.52 Å². The molecule has 2 N–H and O–H groups in total. The maximum Gasteiger partial charge on any atom is 0.201 e. The summed E-state index contributed by atoms with van der Waals surface area (Å²) in [4.78, 5) is 0. The molecule has 0 amide bonds. The summed E-state index contributed by atoms with van der Waals surface area (Å²) in [5.74, 6) is 0. The summed E-state index contributed by atoms with van der Waals surface area (Å²) in [7, 11) is 1.79. The molecule has 0 spiro atoms. The van der Waals surface area contributed by atoms with E-state index in [-0.39, 0.29) is 0 Å². The van der Waals surface area contributed by atoms with E-state index in [0.29, 0.717) is 5.11 Å². The first-order chi connectivity index (χ1) is 3.72. The topological polar surface area (TPSA) is 30.5 Å². The molecule has 1 fully saturated rings. The van der Waals surface area contributed by atoms with E-state index < -0.39 is 0 Å². The molecule has 0 aromatic carbocycles. The third-order valence-electron chi connectivity index (χ3n) is 0.841. The lowest BCUT2D eigenvalue weighted by molar-refractivity contribution is 0.183. The summed E-state index contributed by atoms with van der Waals surface area (Å²) in [6, 6.07) is 0. The molecule has 0 atom stereocenters. The van der Waals surface area contributed by atoms with Gasteiger partial charge in [0.15, 0.2) is 0 Å². The second-order valence-electron chi connectivity index (χ2n) is 1.36. The van der Waals surface area contributed by atoms with Crippen molar-refractivity contribution >= 4 is 30.1 Å². The predicted molar refractivity (Wildman–Crippen MR) is 37.5 cm³/mol. The van der Waals surface area contributed by atoms with Crippen LogP contribution in [0.3, 0.4) is 0 Å². The van der Waals surface area contributed by atoms with Crippen molar-refractivity contribution in [1.29, 1.82) is 0 Å². The van der Waals surface area contributed by atoms with Gasteiger partial charge in [0.1, 0.15) is 0 Å². The van der Waals surface area contributed by atoms with Crippen molar-refractivity contribution in [3.8, 4) is 0 Å². The van der Waals surface area contributed by atoms with Crippen molar-refractivity contribution < 1.29 is 0 Å². The van der Waals surface area contributed by atoms with E-state index in [1.54, 1.807) is 12.1 Å². The fourth-order valence-electron chi connectivity index (χ4n) is 0.340. The normalized spacial score (nSPS) is 21.8. The molecule has 0 aromatic heterocycles. The van der Waals surface area contributed by atoms with Crippen molar-refractivity contribution in [2.24, 2.45) is 0 Å². The summed E-state index contributed by atoms with van der Waals surface area (Å²) >= 11 is 8.73. The first-order valence-electron chi connectivity index (χ1n) is 2.00. The minimum absolute atomic E-state index is 0.611. The molecule has 0 unspecified atom stereocenters. The Hall–Kier alpha value is -0.0400. The molecular weight excluding hydrogens is 144 g/mol. The fourth-order valence-corrected chi connectivity index (χ4v) is 0.667. The zero-order valence-electron chi connectivity index (χ0n) is 4.25. The van der Waals surface area contributed by atoms with Gasteiger partial charge in [-0.05, 0) is 12.2 Å². The van der Waals surface area contributed by atoms with Gasteiger partial charge in [-0.1, -0.05) is 17.3 Å². The van der Waals surface area contributed by atoms with Gasteiger partial charge in [-0.25, -0.2) is 0 Å². The number of hydrogen-bond acceptors (Lipinski definition) is 4. The highest BCUT2D eigenvalue weighted by Gasteiger charge is 2.16. The third-order valence-corrected chi connectivity index (χ3v) is 1.58. The van der Waals surface area contributed by atoms with Crippen LogP contribution in [0.1, 0.15) is 0 Å². The summed E-state index contributed by atoms with van der Waals surface area (Å²) in [5, 5.41) is 2.26. The Morgan fingerprint density at radius 2 is 2.38 bits per heavy atom. The molecule has 1 rings (SSSR count). The van der Waals surface area contributed by atoms with Crippen molar-refractivity contribution in [3.05, 3.63) is 0 Å². The first kappa shape index (κ1) is 6.09. The molecule has 0 radical (unpaired) electrons. The van der Waals surface area contributed by atoms with E-state index >= 15 is 0 Å². The maximum absolute atomic E-state index is 4.78. The minimum Gasteiger partial charge on any atom is -0.281 e. The van der Waals surface area contributed by atoms with Crippen molar-refractivity contribution in [2.75, 3.05) is 7.05 Å². The van der Waals surface area contributed by atoms with Crippen LogP contribution in [0.4, 0.5) is 0 Å². The van der Waals surface area contributed by atoms with Crippen LogP contribution in [-0.2, 0) is 0 Å². The zero-order valence-corrected chi connectivity index (χ0v) is 5.96. The van der Waals surface area contributed by atoms with Gasteiger partial charge in [0.2, 0.25) is 5.11 Å². The Morgan fingerprint density at radius 1 is 1.75 bits per heavy atom. The smallest absolute Gasteiger partial charge is 0.201 e.